The topological polar surface area (TPSA) is 8.17 Å². The first-order valence-electron chi connectivity index (χ1n) is 23.6. The summed E-state index contributed by atoms with van der Waals surface area (Å²) in [5, 5.41) is 12.4. The highest BCUT2D eigenvalue weighted by Gasteiger charge is 2.23. The van der Waals surface area contributed by atoms with Crippen LogP contribution in [0.5, 0.6) is 0 Å². The van der Waals surface area contributed by atoms with E-state index >= 15 is 0 Å². The molecule has 292 valence electrons. The van der Waals surface area contributed by atoms with Gasteiger partial charge in [0, 0.05) is 44.3 Å². The van der Waals surface area contributed by atoms with Gasteiger partial charge in [-0.05, 0) is 128 Å². The van der Waals surface area contributed by atoms with Crippen molar-refractivity contribution in [2.24, 2.45) is 0 Å². The number of fused-ring (bicyclic) bond motifs is 13. The second-order valence-corrected chi connectivity index (χ2v) is 16.3. The molecule has 12 aromatic rings. The maximum Gasteiger partial charge on any atom is 0.0629 e. The number of rotatable bonds is 6. The van der Waals surface area contributed by atoms with E-state index in [1.54, 1.807) is 0 Å². The molecule has 0 unspecified atom stereocenters. The van der Waals surface area contributed by atoms with Crippen LogP contribution in [0.3, 0.4) is 0 Å². The summed E-state index contributed by atoms with van der Waals surface area (Å²) in [6.07, 6.45) is 0. The van der Waals surface area contributed by atoms with Crippen LogP contribution < -0.4 is 4.90 Å². The number of aromatic nitrogens is 1. The van der Waals surface area contributed by atoms with Crippen molar-refractivity contribution in [1.82, 2.24) is 4.57 Å². The van der Waals surface area contributed by atoms with Crippen molar-refractivity contribution in [3.63, 3.8) is 0 Å². The molecule has 0 aliphatic heterocycles. The lowest BCUT2D eigenvalue weighted by Gasteiger charge is -2.26. The van der Waals surface area contributed by atoms with Crippen LogP contribution in [0.15, 0.2) is 218 Å². The summed E-state index contributed by atoms with van der Waals surface area (Å²) in [5.41, 5.74) is 11.5. The number of nitrogens with zero attached hydrogens (tertiary/aromatic N) is 2. The molecule has 2 heteroatoms. The van der Waals surface area contributed by atoms with Crippen molar-refractivity contribution in [3.05, 3.63) is 229 Å². The van der Waals surface area contributed by atoms with Crippen LogP contribution in [0, 0.1) is 13.8 Å². The second kappa shape index (κ2) is 14.4. The molecule has 0 aliphatic rings. The quantitative estimate of drug-likeness (QED) is 0.152. The Balaban J connectivity index is 0.990. The summed E-state index contributed by atoms with van der Waals surface area (Å²) in [5.74, 6) is 0. The first-order valence-corrected chi connectivity index (χ1v) is 21.1. The SMILES string of the molecule is [2H]c1c([2H])c([2H])c(-c2ccc(N(c3ccc(-c4ccc(-n5c6c7ccccc7c7ccccc7c6c6c7ccccc7c7ccccc7c65)cc4)cc3)c3cc(C)cc(C)c3)cc2)c([2H])c1[2H]. The van der Waals surface area contributed by atoms with Gasteiger partial charge in [0.05, 0.1) is 17.9 Å². The summed E-state index contributed by atoms with van der Waals surface area (Å²) < 4.78 is 44.1. The molecule has 0 aliphatic carbocycles. The molecule has 62 heavy (non-hydrogen) atoms. The van der Waals surface area contributed by atoms with Crippen LogP contribution in [-0.2, 0) is 0 Å². The third-order valence-corrected chi connectivity index (χ3v) is 12.5. The van der Waals surface area contributed by atoms with Gasteiger partial charge in [0.15, 0.2) is 0 Å². The number of anilines is 3. The van der Waals surface area contributed by atoms with Gasteiger partial charge < -0.3 is 9.47 Å². The van der Waals surface area contributed by atoms with Crippen molar-refractivity contribution in [2.45, 2.75) is 13.8 Å². The van der Waals surface area contributed by atoms with Crippen molar-refractivity contribution in [3.8, 4) is 27.9 Å². The molecular weight excluding hydrogens is 749 g/mol. The first kappa shape index (κ1) is 31.0. The van der Waals surface area contributed by atoms with E-state index in [2.05, 4.69) is 187 Å². The molecule has 0 radical (unpaired) electrons. The Kier molecular flexibility index (Phi) is 7.18. The molecule has 0 bridgehead atoms. The predicted octanol–water partition coefficient (Wildman–Crippen LogP) is 16.8. The molecule has 1 heterocycles. The van der Waals surface area contributed by atoms with Gasteiger partial charge in [-0.3, -0.25) is 0 Å². The maximum absolute atomic E-state index is 8.56. The highest BCUT2D eigenvalue weighted by Crippen LogP contribution is 2.48. The van der Waals surface area contributed by atoms with E-state index in [0.717, 1.165) is 45.0 Å². The summed E-state index contributed by atoms with van der Waals surface area (Å²) in [7, 11) is 0. The van der Waals surface area contributed by atoms with E-state index in [9.17, 15) is 0 Å². The van der Waals surface area contributed by atoms with E-state index in [4.69, 9.17) is 6.85 Å². The minimum Gasteiger partial charge on any atom is -0.310 e. The van der Waals surface area contributed by atoms with Gasteiger partial charge in [-0.15, -0.1) is 0 Å². The van der Waals surface area contributed by atoms with Gasteiger partial charge in [-0.1, -0.05) is 170 Å². The Morgan fingerprint density at radius 1 is 0.355 bits per heavy atom. The van der Waals surface area contributed by atoms with Gasteiger partial charge >= 0.3 is 0 Å². The summed E-state index contributed by atoms with van der Waals surface area (Å²) >= 11 is 0. The van der Waals surface area contributed by atoms with E-state index in [-0.39, 0.29) is 29.7 Å². The molecule has 12 rings (SSSR count). The van der Waals surface area contributed by atoms with E-state index < -0.39 is 6.04 Å². The fraction of sp³-hybridized carbons (Fsp3) is 0.0333. The van der Waals surface area contributed by atoms with Gasteiger partial charge in [0.2, 0.25) is 0 Å². The summed E-state index contributed by atoms with van der Waals surface area (Å²) in [6.45, 7) is 4.19. The third kappa shape index (κ3) is 5.72. The summed E-state index contributed by atoms with van der Waals surface area (Å²) in [6, 6.07) is 65.5. The van der Waals surface area contributed by atoms with Crippen LogP contribution in [-0.4, -0.2) is 4.57 Å². The average Bonchev–Trinajstić information content (AvgIpc) is 3.73. The molecule has 11 aromatic carbocycles. The Morgan fingerprint density at radius 3 is 1.18 bits per heavy atom. The average molecular weight is 796 g/mol. The molecule has 0 N–H and O–H groups in total. The lowest BCUT2D eigenvalue weighted by molar-refractivity contribution is 1.19. The molecule has 2 nitrogen and oxygen atoms in total. The molecule has 0 fully saturated rings. The predicted molar refractivity (Wildman–Crippen MR) is 266 cm³/mol. The van der Waals surface area contributed by atoms with Crippen LogP contribution in [0.25, 0.3) is 92.8 Å². The van der Waals surface area contributed by atoms with Gasteiger partial charge in [0.25, 0.3) is 0 Å². The molecule has 0 spiro atoms. The minimum absolute atomic E-state index is 0.188. The maximum atomic E-state index is 8.56. The van der Waals surface area contributed by atoms with Crippen molar-refractivity contribution in [2.75, 3.05) is 4.90 Å². The van der Waals surface area contributed by atoms with E-state index in [1.807, 2.05) is 24.3 Å². The van der Waals surface area contributed by atoms with Crippen molar-refractivity contribution >= 4 is 82.0 Å². The van der Waals surface area contributed by atoms with Crippen LogP contribution in [0.2, 0.25) is 0 Å². The third-order valence-electron chi connectivity index (χ3n) is 12.5. The molecule has 1 aromatic heterocycles. The van der Waals surface area contributed by atoms with Gasteiger partial charge in [0.1, 0.15) is 0 Å². The van der Waals surface area contributed by atoms with Crippen LogP contribution >= 0.6 is 0 Å². The lowest BCUT2D eigenvalue weighted by Crippen LogP contribution is -2.10. The number of aryl methyl sites for hydroxylation is 2. The Bertz CT molecular complexity index is 3800. The van der Waals surface area contributed by atoms with Crippen LogP contribution in [0.4, 0.5) is 17.1 Å². The molecule has 0 saturated carbocycles. The minimum atomic E-state index is -0.399. The van der Waals surface area contributed by atoms with Gasteiger partial charge in [-0.25, -0.2) is 0 Å². The molecular formula is C60H42N2. The number of benzene rings is 11. The lowest BCUT2D eigenvalue weighted by atomic mass is 9.93. The normalized spacial score (nSPS) is 12.8. The smallest absolute Gasteiger partial charge is 0.0629 e. The fourth-order valence-corrected chi connectivity index (χ4v) is 9.89. The molecule has 0 atom stereocenters. The Morgan fingerprint density at radius 2 is 0.726 bits per heavy atom. The fourth-order valence-electron chi connectivity index (χ4n) is 9.89. The standard InChI is InChI=1S/C60H42N2/c1-39-36-40(2)38-48(37-39)61(45-30-24-42(25-31-45)41-14-4-3-5-15-41)46-32-26-43(27-33-46)44-28-34-47(35-29-44)62-59-55-22-12-8-18-51(55)49-16-6-10-20-53(49)57(59)58-54-21-11-7-17-50(54)52-19-9-13-23-56(52)60(58)62/h3-38H,1-2H3/i3D,4D,5D,14D,15D. The number of hydrogen-bond acceptors (Lipinski definition) is 1. The molecule has 0 amide bonds. The summed E-state index contributed by atoms with van der Waals surface area (Å²) in [4.78, 5) is 2.20. The van der Waals surface area contributed by atoms with Gasteiger partial charge in [-0.2, -0.15) is 0 Å². The van der Waals surface area contributed by atoms with Crippen molar-refractivity contribution < 1.29 is 6.85 Å². The van der Waals surface area contributed by atoms with E-state index in [0.29, 0.717) is 5.56 Å². The van der Waals surface area contributed by atoms with Crippen LogP contribution in [0.1, 0.15) is 18.0 Å². The zero-order valence-electron chi connectivity index (χ0n) is 39.3. The highest BCUT2D eigenvalue weighted by atomic mass is 15.1. The zero-order valence-corrected chi connectivity index (χ0v) is 34.3. The largest absolute Gasteiger partial charge is 0.310 e. The Labute approximate surface area is 368 Å². The monoisotopic (exact) mass is 795 g/mol. The first-order chi connectivity index (χ1) is 32.7. The zero-order chi connectivity index (χ0) is 45.7. The Hall–Kier alpha value is -7.94. The second-order valence-electron chi connectivity index (χ2n) is 16.3. The van der Waals surface area contributed by atoms with E-state index in [1.165, 1.54) is 64.9 Å². The number of hydrogen-bond donors (Lipinski definition) is 0. The highest BCUT2D eigenvalue weighted by molar-refractivity contribution is 6.40. The van der Waals surface area contributed by atoms with Crippen molar-refractivity contribution in [1.29, 1.82) is 0 Å². The molecule has 0 saturated heterocycles.